The lowest BCUT2D eigenvalue weighted by atomic mass is 10.1. The Bertz CT molecular complexity index is 877. The van der Waals surface area contributed by atoms with Gasteiger partial charge < -0.3 is 20.9 Å². The predicted octanol–water partition coefficient (Wildman–Crippen LogP) is 4.06. The van der Waals surface area contributed by atoms with E-state index in [9.17, 15) is 9.18 Å². The van der Waals surface area contributed by atoms with Gasteiger partial charge in [-0.3, -0.25) is 4.79 Å². The summed E-state index contributed by atoms with van der Waals surface area (Å²) in [5.41, 5.74) is 4.44. The number of amides is 1. The number of nitrogens with one attached hydrogen (secondary N) is 3. The molecule has 0 bridgehead atoms. The molecule has 1 heterocycles. The smallest absolute Gasteiger partial charge is 0.258 e. The van der Waals surface area contributed by atoms with Crippen molar-refractivity contribution in [2.75, 3.05) is 42.2 Å². The van der Waals surface area contributed by atoms with Gasteiger partial charge in [0.25, 0.3) is 5.91 Å². The maximum atomic E-state index is 13.6. The van der Waals surface area contributed by atoms with Crippen LogP contribution in [0.25, 0.3) is 5.57 Å². The largest absolute Gasteiger partial charge is 0.370 e. The van der Waals surface area contributed by atoms with Crippen LogP contribution in [0.3, 0.4) is 0 Å². The Morgan fingerprint density at radius 3 is 2.57 bits per heavy atom. The van der Waals surface area contributed by atoms with E-state index in [1.165, 1.54) is 17.8 Å². The van der Waals surface area contributed by atoms with Crippen LogP contribution in [-0.2, 0) is 4.79 Å². The molecule has 5 nitrogen and oxygen atoms in total. The number of benzene rings is 2. The molecule has 0 aromatic heterocycles. The number of anilines is 3. The number of hydrogen-bond acceptors (Lipinski definition) is 4. The molecule has 1 aliphatic heterocycles. The van der Waals surface area contributed by atoms with Crippen LogP contribution in [0.15, 0.2) is 48.2 Å². The van der Waals surface area contributed by atoms with Crippen molar-refractivity contribution < 1.29 is 9.18 Å². The lowest BCUT2D eigenvalue weighted by molar-refractivity contribution is -0.110. The van der Waals surface area contributed by atoms with Gasteiger partial charge in [-0.1, -0.05) is 6.92 Å². The molecular formula is C22H27FN4O. The van der Waals surface area contributed by atoms with Crippen LogP contribution in [0, 0.1) is 5.82 Å². The monoisotopic (exact) mass is 382 g/mol. The van der Waals surface area contributed by atoms with Crippen molar-refractivity contribution in [2.24, 2.45) is 0 Å². The minimum atomic E-state index is -0.359. The molecule has 0 radical (unpaired) electrons. The maximum absolute atomic E-state index is 13.6. The van der Waals surface area contributed by atoms with Crippen molar-refractivity contribution in [1.29, 1.82) is 0 Å². The highest BCUT2D eigenvalue weighted by molar-refractivity contribution is 6.32. The van der Waals surface area contributed by atoms with Crippen LogP contribution in [0.5, 0.6) is 0 Å². The van der Waals surface area contributed by atoms with Gasteiger partial charge in [0.15, 0.2) is 0 Å². The van der Waals surface area contributed by atoms with Crippen molar-refractivity contribution in [3.63, 3.8) is 0 Å². The molecule has 0 fully saturated rings. The normalized spacial score (nSPS) is 14.5. The Morgan fingerprint density at radius 2 is 1.89 bits per heavy atom. The molecule has 148 valence electrons. The molecule has 0 atom stereocenters. The Kier molecular flexibility index (Phi) is 6.31. The third kappa shape index (κ3) is 4.34. The zero-order valence-corrected chi connectivity index (χ0v) is 16.6. The second-order valence-corrected chi connectivity index (χ2v) is 6.91. The third-order valence-corrected chi connectivity index (χ3v) is 4.79. The van der Waals surface area contributed by atoms with Crippen molar-refractivity contribution in [2.45, 2.75) is 20.3 Å². The topological polar surface area (TPSA) is 56.4 Å². The number of carbonyl (C=O) groups excluding carboxylic acids is 1. The molecule has 0 saturated heterocycles. The predicted molar refractivity (Wildman–Crippen MR) is 114 cm³/mol. The maximum Gasteiger partial charge on any atom is 0.258 e. The van der Waals surface area contributed by atoms with Gasteiger partial charge in [0.2, 0.25) is 0 Å². The number of carbonyl (C=O) groups is 1. The van der Waals surface area contributed by atoms with E-state index in [0.29, 0.717) is 22.5 Å². The summed E-state index contributed by atoms with van der Waals surface area (Å²) in [5, 5.41) is 9.25. The van der Waals surface area contributed by atoms with E-state index in [1.807, 2.05) is 26.1 Å². The molecular weight excluding hydrogens is 355 g/mol. The second kappa shape index (κ2) is 8.89. The highest BCUT2D eigenvalue weighted by Crippen LogP contribution is 2.34. The van der Waals surface area contributed by atoms with Crippen LogP contribution in [0.1, 0.15) is 25.8 Å². The number of halogens is 1. The molecule has 0 aliphatic carbocycles. The Hall–Kier alpha value is -2.86. The lowest BCUT2D eigenvalue weighted by Gasteiger charge is -2.24. The first-order valence-corrected chi connectivity index (χ1v) is 9.62. The standard InChI is InChI=1S/C22H27FN4O/c1-4-12-27(13-11-24-3)18-8-6-17(7-9-18)25-15(2)21-19-14-16(23)5-10-20(19)26-22(21)28/h5-10,14,24-25H,4,11-13H2,1-3H3,(H,26,28)/b21-15-. The van der Waals surface area contributed by atoms with E-state index in [2.05, 4.69) is 39.9 Å². The van der Waals surface area contributed by atoms with Crippen LogP contribution in [0.4, 0.5) is 21.5 Å². The van der Waals surface area contributed by atoms with E-state index in [1.54, 1.807) is 6.07 Å². The van der Waals surface area contributed by atoms with Crippen molar-refractivity contribution >= 4 is 28.5 Å². The van der Waals surface area contributed by atoms with Gasteiger partial charge in [-0.05, 0) is 62.9 Å². The Balaban J connectivity index is 1.80. The fourth-order valence-corrected chi connectivity index (χ4v) is 3.43. The number of rotatable bonds is 8. The van der Waals surface area contributed by atoms with Gasteiger partial charge >= 0.3 is 0 Å². The number of fused-ring (bicyclic) bond motifs is 1. The highest BCUT2D eigenvalue weighted by atomic mass is 19.1. The zero-order chi connectivity index (χ0) is 20.1. The van der Waals surface area contributed by atoms with Gasteiger partial charge in [0.05, 0.1) is 5.57 Å². The average Bonchev–Trinajstić information content (AvgIpc) is 3.01. The van der Waals surface area contributed by atoms with Crippen LogP contribution in [0.2, 0.25) is 0 Å². The molecule has 0 saturated carbocycles. The summed E-state index contributed by atoms with van der Waals surface area (Å²) in [5.74, 6) is -0.578. The molecule has 2 aromatic carbocycles. The number of allylic oxidation sites excluding steroid dienone is 1. The van der Waals surface area contributed by atoms with Crippen molar-refractivity contribution in [3.05, 3.63) is 59.5 Å². The van der Waals surface area contributed by atoms with Gasteiger partial charge in [-0.15, -0.1) is 0 Å². The summed E-state index contributed by atoms with van der Waals surface area (Å²) in [7, 11) is 1.95. The molecule has 6 heteroatoms. The Morgan fingerprint density at radius 1 is 1.14 bits per heavy atom. The van der Waals surface area contributed by atoms with Crippen molar-refractivity contribution in [1.82, 2.24) is 5.32 Å². The average molecular weight is 382 g/mol. The molecule has 0 unspecified atom stereocenters. The number of hydrogen-bond donors (Lipinski definition) is 3. The number of nitrogens with zero attached hydrogens (tertiary/aromatic N) is 1. The van der Waals surface area contributed by atoms with E-state index in [4.69, 9.17) is 0 Å². The van der Waals surface area contributed by atoms with Crippen LogP contribution >= 0.6 is 0 Å². The highest BCUT2D eigenvalue weighted by Gasteiger charge is 2.26. The lowest BCUT2D eigenvalue weighted by Crippen LogP contribution is -2.31. The molecule has 0 spiro atoms. The molecule has 2 aromatic rings. The van der Waals surface area contributed by atoms with Crippen molar-refractivity contribution in [3.8, 4) is 0 Å². The van der Waals surface area contributed by atoms with Gasteiger partial charge in [-0.2, -0.15) is 0 Å². The van der Waals surface area contributed by atoms with E-state index < -0.39 is 0 Å². The molecule has 1 aliphatic rings. The minimum Gasteiger partial charge on any atom is -0.370 e. The minimum absolute atomic E-state index is 0.219. The van der Waals surface area contributed by atoms with Crippen LogP contribution < -0.4 is 20.9 Å². The number of likely N-dealkylation sites (N-methyl/N-ethyl adjacent to an activating group) is 1. The summed E-state index contributed by atoms with van der Waals surface area (Å²) in [6.45, 7) is 6.88. The quantitative estimate of drug-likeness (QED) is 0.603. The summed E-state index contributed by atoms with van der Waals surface area (Å²) in [6, 6.07) is 12.5. The Labute approximate surface area is 165 Å². The zero-order valence-electron chi connectivity index (χ0n) is 16.6. The van der Waals surface area contributed by atoms with Gasteiger partial charge in [0.1, 0.15) is 5.82 Å². The summed E-state index contributed by atoms with van der Waals surface area (Å²) in [4.78, 5) is 14.7. The third-order valence-electron chi connectivity index (χ3n) is 4.79. The first-order valence-electron chi connectivity index (χ1n) is 9.62. The first-order chi connectivity index (χ1) is 13.5. The molecule has 28 heavy (non-hydrogen) atoms. The summed E-state index contributed by atoms with van der Waals surface area (Å²) < 4.78 is 13.6. The fraction of sp³-hybridized carbons (Fsp3) is 0.318. The molecule has 3 rings (SSSR count). The van der Waals surface area contributed by atoms with Gasteiger partial charge in [-0.25, -0.2) is 4.39 Å². The van der Waals surface area contributed by atoms with Gasteiger partial charge in [0, 0.05) is 48.0 Å². The van der Waals surface area contributed by atoms with Crippen LogP contribution in [-0.4, -0.2) is 32.6 Å². The summed E-state index contributed by atoms with van der Waals surface area (Å²) in [6.07, 6.45) is 1.08. The van der Waals surface area contributed by atoms with E-state index in [0.717, 1.165) is 31.7 Å². The fourth-order valence-electron chi connectivity index (χ4n) is 3.43. The summed E-state index contributed by atoms with van der Waals surface area (Å²) >= 11 is 0. The van der Waals surface area contributed by atoms with E-state index in [-0.39, 0.29) is 11.7 Å². The SMILES string of the molecule is CCCN(CCNC)c1ccc(N/C(C)=C2\C(=O)Nc3ccc(F)cc32)cc1. The molecule has 1 amide bonds. The second-order valence-electron chi connectivity index (χ2n) is 6.91. The first kappa shape index (κ1) is 19.9. The molecule has 3 N–H and O–H groups in total. The van der Waals surface area contributed by atoms with E-state index >= 15 is 0 Å².